The van der Waals surface area contributed by atoms with E-state index in [0.717, 1.165) is 21.8 Å². The summed E-state index contributed by atoms with van der Waals surface area (Å²) in [6.07, 6.45) is 1.43. The van der Waals surface area contributed by atoms with Gasteiger partial charge in [-0.15, -0.1) is 11.3 Å². The number of carbonyl (C=O) groups excluding carboxylic acids is 1. The molecular formula is C24H22ClN3O3S. The Labute approximate surface area is 194 Å². The third-order valence-electron chi connectivity index (χ3n) is 5.20. The van der Waals surface area contributed by atoms with Crippen LogP contribution >= 0.6 is 22.9 Å². The first-order valence-corrected chi connectivity index (χ1v) is 11.4. The number of nitrogens with one attached hydrogen (secondary N) is 1. The van der Waals surface area contributed by atoms with Gasteiger partial charge in [-0.05, 0) is 50.6 Å². The summed E-state index contributed by atoms with van der Waals surface area (Å²) in [5.41, 5.74) is 1.97. The van der Waals surface area contributed by atoms with Gasteiger partial charge in [0.05, 0.1) is 29.0 Å². The molecule has 0 bridgehead atoms. The Morgan fingerprint density at radius 1 is 1.22 bits per heavy atom. The quantitative estimate of drug-likeness (QED) is 0.395. The van der Waals surface area contributed by atoms with Gasteiger partial charge in [-0.1, -0.05) is 35.9 Å². The molecule has 0 aliphatic rings. The number of para-hydroxylation sites is 1. The second kappa shape index (κ2) is 9.14. The van der Waals surface area contributed by atoms with E-state index in [1.54, 1.807) is 31.2 Å². The van der Waals surface area contributed by atoms with Crippen LogP contribution in [-0.2, 0) is 4.79 Å². The molecule has 1 atom stereocenters. The van der Waals surface area contributed by atoms with E-state index >= 15 is 0 Å². The molecule has 0 aliphatic carbocycles. The van der Waals surface area contributed by atoms with Gasteiger partial charge in [-0.3, -0.25) is 14.2 Å². The SMILES string of the molecule is CCOc1ccc(-c2c(C)sc3ncn(C(C)C(=O)Nc4ccccc4Cl)c(=O)c23)cc1. The zero-order valence-electron chi connectivity index (χ0n) is 17.9. The van der Waals surface area contributed by atoms with Crippen molar-refractivity contribution in [3.63, 3.8) is 0 Å². The lowest BCUT2D eigenvalue weighted by Crippen LogP contribution is -2.31. The molecule has 1 amide bonds. The summed E-state index contributed by atoms with van der Waals surface area (Å²) < 4.78 is 6.88. The van der Waals surface area contributed by atoms with Crippen LogP contribution in [-0.4, -0.2) is 22.1 Å². The Kier molecular flexibility index (Phi) is 6.30. The molecule has 0 radical (unpaired) electrons. The van der Waals surface area contributed by atoms with Crippen LogP contribution in [0.5, 0.6) is 5.75 Å². The molecule has 164 valence electrons. The Morgan fingerprint density at radius 2 is 1.94 bits per heavy atom. The number of benzene rings is 2. The summed E-state index contributed by atoms with van der Waals surface area (Å²) in [5.74, 6) is 0.421. The molecule has 1 unspecified atom stereocenters. The molecule has 6 nitrogen and oxygen atoms in total. The maximum Gasteiger partial charge on any atom is 0.263 e. The highest BCUT2D eigenvalue weighted by Gasteiger charge is 2.22. The number of nitrogens with zero attached hydrogens (tertiary/aromatic N) is 2. The minimum Gasteiger partial charge on any atom is -0.494 e. The van der Waals surface area contributed by atoms with E-state index in [9.17, 15) is 9.59 Å². The monoisotopic (exact) mass is 467 g/mol. The molecule has 0 saturated carbocycles. The van der Waals surface area contributed by atoms with Crippen molar-refractivity contribution in [2.75, 3.05) is 11.9 Å². The van der Waals surface area contributed by atoms with Gasteiger partial charge in [0.2, 0.25) is 5.91 Å². The van der Waals surface area contributed by atoms with Crippen molar-refractivity contribution in [1.29, 1.82) is 0 Å². The molecule has 1 N–H and O–H groups in total. The van der Waals surface area contributed by atoms with Gasteiger partial charge in [0.15, 0.2) is 0 Å². The number of aromatic nitrogens is 2. The molecule has 0 spiro atoms. The molecule has 32 heavy (non-hydrogen) atoms. The summed E-state index contributed by atoms with van der Waals surface area (Å²) in [7, 11) is 0. The molecular weight excluding hydrogens is 446 g/mol. The Hall–Kier alpha value is -3.16. The number of carbonyl (C=O) groups is 1. The topological polar surface area (TPSA) is 73.2 Å². The molecule has 0 fully saturated rings. The number of halogens is 1. The third kappa shape index (κ3) is 4.13. The largest absolute Gasteiger partial charge is 0.494 e. The Bertz CT molecular complexity index is 1350. The van der Waals surface area contributed by atoms with E-state index in [4.69, 9.17) is 16.3 Å². The van der Waals surface area contributed by atoms with Crippen molar-refractivity contribution < 1.29 is 9.53 Å². The lowest BCUT2D eigenvalue weighted by atomic mass is 10.0. The highest BCUT2D eigenvalue weighted by molar-refractivity contribution is 7.19. The van der Waals surface area contributed by atoms with Crippen molar-refractivity contribution in [3.8, 4) is 16.9 Å². The summed E-state index contributed by atoms with van der Waals surface area (Å²) in [5, 5.41) is 3.73. The summed E-state index contributed by atoms with van der Waals surface area (Å²) in [6.45, 7) is 6.15. The van der Waals surface area contributed by atoms with E-state index in [1.807, 2.05) is 38.1 Å². The first kappa shape index (κ1) is 22.0. The van der Waals surface area contributed by atoms with Gasteiger partial charge < -0.3 is 10.1 Å². The number of aryl methyl sites for hydroxylation is 1. The highest BCUT2D eigenvalue weighted by atomic mass is 35.5. The predicted octanol–water partition coefficient (Wildman–Crippen LogP) is 5.69. The van der Waals surface area contributed by atoms with Gasteiger partial charge in [-0.2, -0.15) is 0 Å². The maximum absolute atomic E-state index is 13.5. The summed E-state index contributed by atoms with van der Waals surface area (Å²) in [6, 6.07) is 13.8. The molecule has 8 heteroatoms. The molecule has 4 aromatic rings. The number of anilines is 1. The van der Waals surface area contributed by atoms with Gasteiger partial charge in [0.1, 0.15) is 16.6 Å². The molecule has 0 aliphatic heterocycles. The fourth-order valence-corrected chi connectivity index (χ4v) is 4.74. The van der Waals surface area contributed by atoms with Crippen molar-refractivity contribution >= 4 is 44.7 Å². The van der Waals surface area contributed by atoms with E-state index < -0.39 is 6.04 Å². The van der Waals surface area contributed by atoms with Crippen molar-refractivity contribution in [1.82, 2.24) is 9.55 Å². The summed E-state index contributed by atoms with van der Waals surface area (Å²) >= 11 is 7.61. The molecule has 2 heterocycles. The number of thiophene rings is 1. The van der Waals surface area contributed by atoms with E-state index in [-0.39, 0.29) is 11.5 Å². The van der Waals surface area contributed by atoms with Gasteiger partial charge >= 0.3 is 0 Å². The lowest BCUT2D eigenvalue weighted by molar-refractivity contribution is -0.118. The minimum absolute atomic E-state index is 0.259. The van der Waals surface area contributed by atoms with Crippen LogP contribution < -0.4 is 15.6 Å². The average Bonchev–Trinajstić information content (AvgIpc) is 3.12. The fourth-order valence-electron chi connectivity index (χ4n) is 3.55. The second-order valence-electron chi connectivity index (χ2n) is 7.27. The predicted molar refractivity (Wildman–Crippen MR) is 130 cm³/mol. The van der Waals surface area contributed by atoms with Crippen molar-refractivity contribution in [2.24, 2.45) is 0 Å². The van der Waals surface area contributed by atoms with Crippen LogP contribution in [0.4, 0.5) is 5.69 Å². The molecule has 4 rings (SSSR count). The van der Waals surface area contributed by atoms with Crippen LogP contribution in [0.3, 0.4) is 0 Å². The average molecular weight is 468 g/mol. The number of fused-ring (bicyclic) bond motifs is 1. The molecule has 2 aromatic carbocycles. The minimum atomic E-state index is -0.774. The van der Waals surface area contributed by atoms with E-state index in [0.29, 0.717) is 27.5 Å². The zero-order chi connectivity index (χ0) is 22.8. The number of hydrogen-bond acceptors (Lipinski definition) is 5. The standard InChI is InChI=1S/C24H22ClN3O3S/c1-4-31-17-11-9-16(10-12-17)20-15(3)32-23-21(20)24(30)28(13-26-23)14(2)22(29)27-19-8-6-5-7-18(19)25/h5-14H,4H2,1-3H3,(H,27,29). The normalized spacial score (nSPS) is 12.0. The highest BCUT2D eigenvalue weighted by Crippen LogP contribution is 2.36. The zero-order valence-corrected chi connectivity index (χ0v) is 19.5. The number of ether oxygens (including phenoxy) is 1. The van der Waals surface area contributed by atoms with Crippen molar-refractivity contribution in [2.45, 2.75) is 26.8 Å². The van der Waals surface area contributed by atoms with E-state index in [2.05, 4.69) is 10.3 Å². The lowest BCUT2D eigenvalue weighted by Gasteiger charge is -2.15. The number of hydrogen-bond donors (Lipinski definition) is 1. The van der Waals surface area contributed by atoms with Crippen LogP contribution in [0.2, 0.25) is 5.02 Å². The molecule has 0 saturated heterocycles. The number of rotatable bonds is 6. The van der Waals surface area contributed by atoms with Crippen molar-refractivity contribution in [3.05, 3.63) is 75.1 Å². The maximum atomic E-state index is 13.5. The van der Waals surface area contributed by atoms with Gasteiger partial charge in [0.25, 0.3) is 5.56 Å². The summed E-state index contributed by atoms with van der Waals surface area (Å²) in [4.78, 5) is 32.4. The number of amides is 1. The third-order valence-corrected chi connectivity index (χ3v) is 6.54. The Morgan fingerprint density at radius 3 is 2.62 bits per heavy atom. The first-order chi connectivity index (χ1) is 15.4. The van der Waals surface area contributed by atoms with Gasteiger partial charge in [-0.25, -0.2) is 4.98 Å². The second-order valence-corrected chi connectivity index (χ2v) is 8.88. The fraction of sp³-hybridized carbons (Fsp3) is 0.208. The van der Waals surface area contributed by atoms with Crippen LogP contribution in [0.1, 0.15) is 24.8 Å². The Balaban J connectivity index is 1.73. The molecule has 2 aromatic heterocycles. The van der Waals surface area contributed by atoms with Gasteiger partial charge in [0, 0.05) is 10.4 Å². The smallest absolute Gasteiger partial charge is 0.263 e. The van der Waals surface area contributed by atoms with Crippen LogP contribution in [0.25, 0.3) is 21.3 Å². The van der Waals surface area contributed by atoms with E-state index in [1.165, 1.54) is 22.2 Å². The first-order valence-electron chi connectivity index (χ1n) is 10.2. The van der Waals surface area contributed by atoms with Crippen LogP contribution in [0.15, 0.2) is 59.7 Å². The van der Waals surface area contributed by atoms with Crippen LogP contribution in [0, 0.1) is 6.92 Å².